The highest BCUT2D eigenvalue weighted by atomic mass is 16.5. The van der Waals surface area contributed by atoms with Crippen molar-refractivity contribution in [2.24, 2.45) is 35.5 Å². The van der Waals surface area contributed by atoms with Crippen LogP contribution in [0.5, 0.6) is 0 Å². The van der Waals surface area contributed by atoms with Crippen LogP contribution in [-0.2, 0) is 14.3 Å². The number of hydrogen-bond donors (Lipinski definition) is 0. The lowest BCUT2D eigenvalue weighted by Crippen LogP contribution is -2.31. The molecule has 24 heavy (non-hydrogen) atoms. The van der Waals surface area contributed by atoms with Crippen LogP contribution >= 0.6 is 0 Å². The summed E-state index contributed by atoms with van der Waals surface area (Å²) in [6, 6.07) is 0. The quantitative estimate of drug-likeness (QED) is 0.549. The third-order valence-electron chi connectivity index (χ3n) is 7.47. The molecular weight excluding hydrogens is 300 g/mol. The molecule has 136 valence electrons. The van der Waals surface area contributed by atoms with Crippen molar-refractivity contribution in [3.63, 3.8) is 0 Å². The van der Waals surface area contributed by atoms with Gasteiger partial charge in [-0.3, -0.25) is 4.79 Å². The van der Waals surface area contributed by atoms with Crippen LogP contribution in [0.1, 0.15) is 77.0 Å². The Morgan fingerprint density at radius 3 is 1.46 bits per heavy atom. The van der Waals surface area contributed by atoms with Crippen LogP contribution in [0, 0.1) is 35.5 Å². The number of carbonyl (C=O) groups excluding carboxylic acids is 2. The van der Waals surface area contributed by atoms with Crippen molar-refractivity contribution in [2.45, 2.75) is 77.0 Å². The summed E-state index contributed by atoms with van der Waals surface area (Å²) in [5.74, 6) is 4.06. The molecule has 0 atom stereocenters. The molecule has 0 radical (unpaired) electrons. The Kier molecular flexibility index (Phi) is 6.35. The molecule has 3 saturated carbocycles. The van der Waals surface area contributed by atoms with Crippen molar-refractivity contribution in [3.05, 3.63) is 0 Å². The van der Waals surface area contributed by atoms with Crippen LogP contribution in [0.4, 0.5) is 0 Å². The average Bonchev–Trinajstić information content (AvgIpc) is 2.68. The molecule has 3 nitrogen and oxygen atoms in total. The van der Waals surface area contributed by atoms with Crippen LogP contribution in [0.15, 0.2) is 0 Å². The Morgan fingerprint density at radius 2 is 1.08 bits per heavy atom. The molecular formula is C21H34O3. The standard InChI is InChI=1S/C21H34O3/c1-24-21(23)20-12-10-19(11-13-20)18-8-6-17(7-9-18)16-4-2-15(14-22)3-5-16/h14-20H,2-13H2,1H3. The lowest BCUT2D eigenvalue weighted by molar-refractivity contribution is -0.147. The smallest absolute Gasteiger partial charge is 0.308 e. The summed E-state index contributed by atoms with van der Waals surface area (Å²) >= 11 is 0. The molecule has 0 aliphatic heterocycles. The minimum atomic E-state index is 0.00286. The third kappa shape index (κ3) is 4.21. The first-order valence-electron chi connectivity index (χ1n) is 10.2. The highest BCUT2D eigenvalue weighted by Crippen LogP contribution is 2.45. The number of carbonyl (C=O) groups is 2. The molecule has 3 aliphatic carbocycles. The first kappa shape index (κ1) is 17.9. The minimum absolute atomic E-state index is 0.00286. The Hall–Kier alpha value is -0.860. The molecule has 0 amide bonds. The van der Waals surface area contributed by atoms with Gasteiger partial charge in [0.25, 0.3) is 0 Å². The third-order valence-corrected chi connectivity index (χ3v) is 7.47. The number of rotatable bonds is 4. The highest BCUT2D eigenvalue weighted by molar-refractivity contribution is 5.72. The van der Waals surface area contributed by atoms with E-state index in [-0.39, 0.29) is 11.9 Å². The van der Waals surface area contributed by atoms with Gasteiger partial charge in [0.1, 0.15) is 6.29 Å². The first-order chi connectivity index (χ1) is 11.7. The van der Waals surface area contributed by atoms with Crippen LogP contribution in [-0.4, -0.2) is 19.4 Å². The van der Waals surface area contributed by atoms with Crippen molar-refractivity contribution < 1.29 is 14.3 Å². The van der Waals surface area contributed by atoms with Gasteiger partial charge in [0, 0.05) is 5.92 Å². The van der Waals surface area contributed by atoms with Gasteiger partial charge in [-0.2, -0.15) is 0 Å². The molecule has 0 aromatic heterocycles. The normalized spacial score (nSPS) is 40.7. The number of hydrogen-bond acceptors (Lipinski definition) is 3. The van der Waals surface area contributed by atoms with E-state index < -0.39 is 0 Å². The van der Waals surface area contributed by atoms with E-state index in [1.807, 2.05) is 0 Å². The van der Waals surface area contributed by atoms with Crippen molar-refractivity contribution in [1.29, 1.82) is 0 Å². The zero-order valence-electron chi connectivity index (χ0n) is 15.3. The van der Waals surface area contributed by atoms with Crippen LogP contribution < -0.4 is 0 Å². The van der Waals surface area contributed by atoms with Gasteiger partial charge in [-0.1, -0.05) is 0 Å². The fraction of sp³-hybridized carbons (Fsp3) is 0.905. The Morgan fingerprint density at radius 1 is 0.708 bits per heavy atom. The molecule has 0 aromatic carbocycles. The maximum Gasteiger partial charge on any atom is 0.308 e. The van der Waals surface area contributed by atoms with Gasteiger partial charge in [-0.05, 0) is 101 Å². The second kappa shape index (κ2) is 8.49. The number of methoxy groups -OCH3 is 1. The maximum atomic E-state index is 11.7. The number of ether oxygens (including phenoxy) is 1. The second-order valence-electron chi connectivity index (χ2n) is 8.62. The zero-order chi connectivity index (χ0) is 16.9. The van der Waals surface area contributed by atoms with Gasteiger partial charge in [-0.25, -0.2) is 0 Å². The van der Waals surface area contributed by atoms with E-state index in [4.69, 9.17) is 4.74 Å². The van der Waals surface area contributed by atoms with Gasteiger partial charge in [0.2, 0.25) is 0 Å². The highest BCUT2D eigenvalue weighted by Gasteiger charge is 2.35. The first-order valence-corrected chi connectivity index (χ1v) is 10.2. The second-order valence-corrected chi connectivity index (χ2v) is 8.62. The monoisotopic (exact) mass is 334 g/mol. The van der Waals surface area contributed by atoms with Crippen LogP contribution in [0.3, 0.4) is 0 Å². The summed E-state index contributed by atoms with van der Waals surface area (Å²) < 4.78 is 4.91. The topological polar surface area (TPSA) is 43.4 Å². The van der Waals surface area contributed by atoms with Gasteiger partial charge >= 0.3 is 5.97 Å². The van der Waals surface area contributed by atoms with Gasteiger partial charge in [0.15, 0.2) is 0 Å². The summed E-state index contributed by atoms with van der Waals surface area (Å²) in [7, 11) is 1.51. The molecule has 3 rings (SSSR count). The predicted molar refractivity (Wildman–Crippen MR) is 94.4 cm³/mol. The Balaban J connectivity index is 1.40. The summed E-state index contributed by atoms with van der Waals surface area (Å²) in [5.41, 5.74) is 0. The largest absolute Gasteiger partial charge is 0.469 e. The predicted octanol–water partition coefficient (Wildman–Crippen LogP) is 4.78. The van der Waals surface area contributed by atoms with E-state index in [1.165, 1.54) is 64.8 Å². The van der Waals surface area contributed by atoms with Crippen LogP contribution in [0.25, 0.3) is 0 Å². The fourth-order valence-electron chi connectivity index (χ4n) is 5.83. The fourth-order valence-corrected chi connectivity index (χ4v) is 5.83. The molecule has 3 aliphatic rings. The molecule has 3 heteroatoms. The van der Waals surface area contributed by atoms with Gasteiger partial charge < -0.3 is 9.53 Å². The Labute approximate surface area is 146 Å². The van der Waals surface area contributed by atoms with E-state index in [0.29, 0.717) is 5.92 Å². The zero-order valence-corrected chi connectivity index (χ0v) is 15.3. The van der Waals surface area contributed by atoms with E-state index in [9.17, 15) is 9.59 Å². The lowest BCUT2D eigenvalue weighted by atomic mass is 9.65. The lowest BCUT2D eigenvalue weighted by Gasteiger charge is -2.40. The Bertz CT molecular complexity index is 409. The molecule has 0 heterocycles. The molecule has 0 saturated heterocycles. The van der Waals surface area contributed by atoms with Crippen molar-refractivity contribution in [1.82, 2.24) is 0 Å². The van der Waals surface area contributed by atoms with E-state index in [1.54, 1.807) is 0 Å². The van der Waals surface area contributed by atoms with Crippen LogP contribution in [0.2, 0.25) is 0 Å². The van der Waals surface area contributed by atoms with Crippen molar-refractivity contribution in [2.75, 3.05) is 7.11 Å². The molecule has 3 fully saturated rings. The molecule has 0 bridgehead atoms. The van der Waals surface area contributed by atoms with E-state index in [2.05, 4.69) is 0 Å². The molecule has 0 aromatic rings. The minimum Gasteiger partial charge on any atom is -0.469 e. The van der Waals surface area contributed by atoms with E-state index >= 15 is 0 Å². The molecule has 0 N–H and O–H groups in total. The van der Waals surface area contributed by atoms with E-state index in [0.717, 1.165) is 49.4 Å². The van der Waals surface area contributed by atoms with Gasteiger partial charge in [0.05, 0.1) is 13.0 Å². The van der Waals surface area contributed by atoms with Crippen molar-refractivity contribution in [3.8, 4) is 0 Å². The maximum absolute atomic E-state index is 11.7. The number of esters is 1. The number of aldehydes is 1. The average molecular weight is 335 g/mol. The molecule has 0 spiro atoms. The molecule has 0 unspecified atom stereocenters. The summed E-state index contributed by atoms with van der Waals surface area (Å²) in [5, 5.41) is 0. The summed E-state index contributed by atoms with van der Waals surface area (Å²) in [4.78, 5) is 22.6. The SMILES string of the molecule is COC(=O)C1CCC(C2CCC(C3CCC(C=O)CC3)CC2)CC1. The summed E-state index contributed by atoms with van der Waals surface area (Å²) in [6.07, 6.45) is 16.1. The van der Waals surface area contributed by atoms with Crippen molar-refractivity contribution >= 4 is 12.3 Å². The summed E-state index contributed by atoms with van der Waals surface area (Å²) in [6.45, 7) is 0. The van der Waals surface area contributed by atoms with Gasteiger partial charge in [-0.15, -0.1) is 0 Å².